The number of benzene rings is 1. The first kappa shape index (κ1) is 20.4. The molecule has 2 saturated carbocycles. The summed E-state index contributed by atoms with van der Waals surface area (Å²) in [6, 6.07) is 10.5. The van der Waals surface area contributed by atoms with Crippen molar-refractivity contribution in [2.75, 3.05) is 0 Å². The summed E-state index contributed by atoms with van der Waals surface area (Å²) >= 11 is 0. The van der Waals surface area contributed by atoms with Gasteiger partial charge in [0.25, 0.3) is 0 Å². The number of aromatic nitrogens is 1. The van der Waals surface area contributed by atoms with E-state index in [1.165, 1.54) is 31.4 Å². The molecule has 3 fully saturated rings. The maximum absolute atomic E-state index is 13.5. The molecular formula is C27H30FNO2. The highest BCUT2D eigenvalue weighted by Gasteiger charge is 2.54. The van der Waals surface area contributed by atoms with E-state index in [9.17, 15) is 9.18 Å². The number of rotatable bonds is 3. The van der Waals surface area contributed by atoms with E-state index >= 15 is 0 Å². The number of nitrogens with zero attached hydrogens (tertiary/aromatic N) is 1. The van der Waals surface area contributed by atoms with Crippen LogP contribution in [0.5, 0.6) is 0 Å². The summed E-state index contributed by atoms with van der Waals surface area (Å²) in [6.07, 6.45) is 10.9. The molecule has 3 aliphatic rings. The van der Waals surface area contributed by atoms with Crippen LogP contribution in [-0.2, 0) is 9.53 Å². The molecule has 5 rings (SSSR count). The Morgan fingerprint density at radius 3 is 2.74 bits per heavy atom. The molecule has 2 aromatic rings. The molecule has 1 aromatic heterocycles. The molecule has 2 aliphatic carbocycles. The third-order valence-electron chi connectivity index (χ3n) is 7.84. The third-order valence-corrected chi connectivity index (χ3v) is 7.84. The highest BCUT2D eigenvalue weighted by Crippen LogP contribution is 2.54. The lowest BCUT2D eigenvalue weighted by Crippen LogP contribution is -2.43. The van der Waals surface area contributed by atoms with Crippen LogP contribution >= 0.6 is 0 Å². The molecule has 0 spiro atoms. The Labute approximate surface area is 183 Å². The van der Waals surface area contributed by atoms with Crippen LogP contribution in [0.3, 0.4) is 0 Å². The maximum atomic E-state index is 13.5. The number of ether oxygens (including phenoxy) is 1. The lowest BCUT2D eigenvalue weighted by Gasteiger charge is -2.47. The van der Waals surface area contributed by atoms with E-state index < -0.39 is 0 Å². The van der Waals surface area contributed by atoms with Gasteiger partial charge in [0.2, 0.25) is 0 Å². The lowest BCUT2D eigenvalue weighted by atomic mass is 9.56. The first-order valence-electron chi connectivity index (χ1n) is 11.6. The van der Waals surface area contributed by atoms with Crippen molar-refractivity contribution in [3.63, 3.8) is 0 Å². The molecule has 4 heteroatoms. The van der Waals surface area contributed by atoms with Gasteiger partial charge >= 0.3 is 5.97 Å². The minimum Gasteiger partial charge on any atom is -0.462 e. The fourth-order valence-electron chi connectivity index (χ4n) is 6.40. The van der Waals surface area contributed by atoms with Gasteiger partial charge in [-0.3, -0.25) is 9.78 Å². The fraction of sp³-hybridized carbons (Fsp3) is 0.481. The molecule has 1 saturated heterocycles. The Kier molecular flexibility index (Phi) is 5.41. The first-order valence-corrected chi connectivity index (χ1v) is 11.6. The van der Waals surface area contributed by atoms with E-state index in [0.29, 0.717) is 17.8 Å². The van der Waals surface area contributed by atoms with Gasteiger partial charge in [-0.25, -0.2) is 4.39 Å². The van der Waals surface area contributed by atoms with Crippen molar-refractivity contribution < 1.29 is 13.9 Å². The Morgan fingerprint density at radius 1 is 1.10 bits per heavy atom. The molecule has 2 heterocycles. The number of pyridine rings is 1. The minimum absolute atomic E-state index is 0.00477. The number of carbonyl (C=O) groups excluding carboxylic acids is 1. The number of allylic oxidation sites excluding steroid dienone is 1. The van der Waals surface area contributed by atoms with E-state index in [1.54, 1.807) is 12.3 Å². The largest absolute Gasteiger partial charge is 0.462 e. The number of cyclic esters (lactones) is 1. The van der Waals surface area contributed by atoms with Crippen LogP contribution in [-0.4, -0.2) is 17.1 Å². The average molecular weight is 420 g/mol. The molecule has 7 atom stereocenters. The van der Waals surface area contributed by atoms with Gasteiger partial charge < -0.3 is 4.74 Å². The molecule has 1 aromatic carbocycles. The molecule has 31 heavy (non-hydrogen) atoms. The standard InChI is InChI=1S/C27H30FNO2/c1-16-6-10-23-20(12-16)14-25-26(17(2)31-27(25)30)24(23)11-9-22-8-7-19(15-29-22)18-4-3-5-21(28)13-18/h3-5,7-9,11,13,15-17,20,23-26H,6,10,12,14H2,1-2H3/b11-9+/t16-,17-,20+,23-,24+,25-,26+/m1/s1. The highest BCUT2D eigenvalue weighted by molar-refractivity contribution is 5.75. The summed E-state index contributed by atoms with van der Waals surface area (Å²) in [5, 5.41) is 0. The number of halogens is 1. The first-order chi connectivity index (χ1) is 15.0. The van der Waals surface area contributed by atoms with Gasteiger partial charge in [-0.2, -0.15) is 0 Å². The van der Waals surface area contributed by atoms with Crippen molar-refractivity contribution in [1.82, 2.24) is 4.98 Å². The Morgan fingerprint density at radius 2 is 1.97 bits per heavy atom. The van der Waals surface area contributed by atoms with Crippen LogP contribution in [0.2, 0.25) is 0 Å². The Balaban J connectivity index is 1.39. The summed E-state index contributed by atoms with van der Waals surface area (Å²) in [5.74, 6) is 2.40. The molecule has 0 N–H and O–H groups in total. The van der Waals surface area contributed by atoms with Crippen LogP contribution in [0.15, 0.2) is 48.7 Å². The van der Waals surface area contributed by atoms with E-state index in [2.05, 4.69) is 31.0 Å². The molecule has 3 nitrogen and oxygen atoms in total. The Hall–Kier alpha value is -2.49. The highest BCUT2D eigenvalue weighted by atomic mass is 19.1. The second kappa shape index (κ2) is 8.22. The number of fused-ring (bicyclic) bond motifs is 2. The zero-order chi connectivity index (χ0) is 21.5. The van der Waals surface area contributed by atoms with Gasteiger partial charge in [0, 0.05) is 17.7 Å². The molecule has 0 radical (unpaired) electrons. The fourth-order valence-corrected chi connectivity index (χ4v) is 6.40. The number of esters is 1. The summed E-state index contributed by atoms with van der Waals surface area (Å²) in [7, 11) is 0. The van der Waals surface area contributed by atoms with Gasteiger partial charge in [-0.1, -0.05) is 37.6 Å². The van der Waals surface area contributed by atoms with Crippen LogP contribution in [0.25, 0.3) is 17.2 Å². The molecule has 1 aliphatic heterocycles. The normalized spacial score (nSPS) is 34.9. The second-order valence-corrected chi connectivity index (χ2v) is 9.82. The topological polar surface area (TPSA) is 39.2 Å². The van der Waals surface area contributed by atoms with Crippen molar-refractivity contribution in [1.29, 1.82) is 0 Å². The van der Waals surface area contributed by atoms with Crippen LogP contribution in [0.1, 0.15) is 45.2 Å². The van der Waals surface area contributed by atoms with E-state index in [1.807, 2.05) is 18.2 Å². The zero-order valence-corrected chi connectivity index (χ0v) is 18.2. The van der Waals surface area contributed by atoms with Crippen LogP contribution in [0.4, 0.5) is 4.39 Å². The third kappa shape index (κ3) is 3.93. The predicted molar refractivity (Wildman–Crippen MR) is 119 cm³/mol. The van der Waals surface area contributed by atoms with Crippen molar-refractivity contribution in [2.45, 2.75) is 45.6 Å². The van der Waals surface area contributed by atoms with Gasteiger partial charge in [0.15, 0.2) is 0 Å². The molecule has 162 valence electrons. The van der Waals surface area contributed by atoms with Crippen LogP contribution < -0.4 is 0 Å². The Bertz CT molecular complexity index is 985. The van der Waals surface area contributed by atoms with E-state index in [4.69, 9.17) is 4.74 Å². The summed E-state index contributed by atoms with van der Waals surface area (Å²) in [4.78, 5) is 17.1. The average Bonchev–Trinajstić information content (AvgIpc) is 3.04. The van der Waals surface area contributed by atoms with Gasteiger partial charge in [-0.15, -0.1) is 0 Å². The SMILES string of the molecule is C[C@@H]1CC[C@@H]2[C@@H](C1)C[C@H]1C(=O)O[C@H](C)[C@H]1[C@H]2/C=C/c1ccc(-c2cccc(F)c2)cn1. The molecule has 0 amide bonds. The summed E-state index contributed by atoms with van der Waals surface area (Å²) < 4.78 is 19.2. The van der Waals surface area contributed by atoms with Gasteiger partial charge in [-0.05, 0) is 79.7 Å². The predicted octanol–water partition coefficient (Wildman–Crippen LogP) is 6.15. The summed E-state index contributed by atoms with van der Waals surface area (Å²) in [5.41, 5.74) is 2.62. The van der Waals surface area contributed by atoms with Crippen molar-refractivity contribution in [3.8, 4) is 11.1 Å². The lowest BCUT2D eigenvalue weighted by molar-refractivity contribution is -0.144. The summed E-state index contributed by atoms with van der Waals surface area (Å²) in [6.45, 7) is 4.40. The minimum atomic E-state index is -0.243. The van der Waals surface area contributed by atoms with E-state index in [-0.39, 0.29) is 29.7 Å². The van der Waals surface area contributed by atoms with Crippen molar-refractivity contribution >= 4 is 12.0 Å². The number of carbonyl (C=O) groups is 1. The quantitative estimate of drug-likeness (QED) is 0.560. The monoisotopic (exact) mass is 419 g/mol. The van der Waals surface area contributed by atoms with E-state index in [0.717, 1.165) is 29.2 Å². The van der Waals surface area contributed by atoms with Gasteiger partial charge in [0.1, 0.15) is 11.9 Å². The molecular weight excluding hydrogens is 389 g/mol. The number of hydrogen-bond donors (Lipinski definition) is 0. The zero-order valence-electron chi connectivity index (χ0n) is 18.2. The smallest absolute Gasteiger partial charge is 0.309 e. The van der Waals surface area contributed by atoms with Crippen LogP contribution in [0, 0.1) is 41.3 Å². The van der Waals surface area contributed by atoms with Crippen molar-refractivity contribution in [2.24, 2.45) is 35.5 Å². The second-order valence-electron chi connectivity index (χ2n) is 9.82. The van der Waals surface area contributed by atoms with Gasteiger partial charge in [0.05, 0.1) is 11.6 Å². The molecule has 0 bridgehead atoms. The van der Waals surface area contributed by atoms with Crippen molar-refractivity contribution in [3.05, 3.63) is 60.2 Å². The maximum Gasteiger partial charge on any atom is 0.309 e. The molecule has 0 unspecified atom stereocenters. The number of hydrogen-bond acceptors (Lipinski definition) is 3.